The average Bonchev–Trinajstić information content (AvgIpc) is 2.71. The van der Waals surface area contributed by atoms with E-state index in [1.54, 1.807) is 19.1 Å². The Kier molecular flexibility index (Phi) is 7.33. The Labute approximate surface area is 170 Å². The highest BCUT2D eigenvalue weighted by atomic mass is 32.2. The number of hydrogen-bond acceptors (Lipinski definition) is 6. The topological polar surface area (TPSA) is 107 Å². The zero-order chi connectivity index (χ0) is 21.6. The van der Waals surface area contributed by atoms with Crippen LogP contribution in [0.25, 0.3) is 0 Å². The molecule has 0 aromatic heterocycles. The van der Waals surface area contributed by atoms with Crippen molar-refractivity contribution in [2.24, 2.45) is 0 Å². The fourth-order valence-electron chi connectivity index (χ4n) is 3.03. The lowest BCUT2D eigenvalue weighted by Gasteiger charge is -2.28. The Morgan fingerprint density at radius 3 is 2.17 bits per heavy atom. The molecule has 8 nitrogen and oxygen atoms in total. The van der Waals surface area contributed by atoms with Gasteiger partial charge in [0, 0.05) is 12.1 Å². The van der Waals surface area contributed by atoms with E-state index in [0.29, 0.717) is 18.5 Å². The second-order valence-electron chi connectivity index (χ2n) is 6.20. The molecule has 2 rings (SSSR count). The van der Waals surface area contributed by atoms with Crippen LogP contribution in [-0.2, 0) is 32.4 Å². The number of nitro benzene ring substituents is 1. The van der Waals surface area contributed by atoms with Crippen molar-refractivity contribution in [2.75, 3.05) is 17.5 Å². The number of sulfonamides is 1. The van der Waals surface area contributed by atoms with E-state index in [9.17, 15) is 23.3 Å². The molecule has 0 N–H and O–H groups in total. The van der Waals surface area contributed by atoms with E-state index in [-0.39, 0.29) is 17.2 Å². The lowest BCUT2D eigenvalue weighted by Crippen LogP contribution is -2.38. The summed E-state index contributed by atoms with van der Waals surface area (Å²) < 4.78 is 32.9. The fraction of sp³-hybridized carbons (Fsp3) is 0.350. The summed E-state index contributed by atoms with van der Waals surface area (Å²) in [6.45, 7) is 5.00. The van der Waals surface area contributed by atoms with Gasteiger partial charge in [-0.3, -0.25) is 19.2 Å². The summed E-state index contributed by atoms with van der Waals surface area (Å²) in [7, 11) is -4.26. The van der Waals surface area contributed by atoms with E-state index in [1.165, 1.54) is 18.2 Å². The molecule has 9 heteroatoms. The van der Waals surface area contributed by atoms with Crippen molar-refractivity contribution in [2.45, 2.75) is 38.5 Å². The first kappa shape index (κ1) is 22.4. The number of aryl methyl sites for hydroxylation is 2. The predicted molar refractivity (Wildman–Crippen MR) is 109 cm³/mol. The number of carbonyl (C=O) groups is 1. The van der Waals surface area contributed by atoms with E-state index >= 15 is 0 Å². The standard InChI is InChI=1S/C20H24N2O6S/c1-4-15-9-7-10-16(5-2)20(15)21(14-19(23)28-6-3)29(26,27)18-12-8-11-17(13-18)22(24)25/h7-13H,4-6,14H2,1-3H3. The van der Waals surface area contributed by atoms with Gasteiger partial charge >= 0.3 is 5.97 Å². The normalized spacial score (nSPS) is 11.1. The number of carbonyl (C=O) groups excluding carboxylic acids is 1. The number of rotatable bonds is 9. The van der Waals surface area contributed by atoms with Crippen molar-refractivity contribution in [3.8, 4) is 0 Å². The molecule has 0 radical (unpaired) electrons. The summed E-state index contributed by atoms with van der Waals surface area (Å²) in [6, 6.07) is 10.2. The molecular formula is C20H24N2O6S. The predicted octanol–water partition coefficient (Wildman–Crippen LogP) is 3.48. The number of benzene rings is 2. The van der Waals surface area contributed by atoms with Crippen LogP contribution in [0.5, 0.6) is 0 Å². The minimum atomic E-state index is -4.26. The van der Waals surface area contributed by atoms with Crippen molar-refractivity contribution in [3.05, 3.63) is 63.7 Å². The molecule has 0 saturated carbocycles. The smallest absolute Gasteiger partial charge is 0.326 e. The minimum Gasteiger partial charge on any atom is -0.465 e. The van der Waals surface area contributed by atoms with Crippen LogP contribution >= 0.6 is 0 Å². The summed E-state index contributed by atoms with van der Waals surface area (Å²) in [5, 5.41) is 11.1. The molecule has 0 bridgehead atoms. The summed E-state index contributed by atoms with van der Waals surface area (Å²) in [4.78, 5) is 22.4. The Balaban J connectivity index is 2.70. The first-order chi connectivity index (χ1) is 13.8. The Hall–Kier alpha value is -2.94. The average molecular weight is 420 g/mol. The van der Waals surface area contributed by atoms with Crippen molar-refractivity contribution < 1.29 is 22.9 Å². The van der Waals surface area contributed by atoms with Crippen LogP contribution in [0.4, 0.5) is 11.4 Å². The van der Waals surface area contributed by atoms with Gasteiger partial charge in [-0.05, 0) is 37.0 Å². The van der Waals surface area contributed by atoms with Crippen LogP contribution < -0.4 is 4.31 Å². The quantitative estimate of drug-likeness (QED) is 0.349. The molecule has 156 valence electrons. The van der Waals surface area contributed by atoms with E-state index in [0.717, 1.165) is 21.5 Å². The van der Waals surface area contributed by atoms with Crippen molar-refractivity contribution in [1.82, 2.24) is 0 Å². The molecule has 0 aliphatic carbocycles. The maximum absolute atomic E-state index is 13.5. The lowest BCUT2D eigenvalue weighted by atomic mass is 10.0. The third-order valence-corrected chi connectivity index (χ3v) is 6.15. The van der Waals surface area contributed by atoms with Crippen molar-refractivity contribution in [3.63, 3.8) is 0 Å². The number of hydrogen-bond donors (Lipinski definition) is 0. The summed E-state index contributed by atoms with van der Waals surface area (Å²) in [5.74, 6) is -0.700. The molecule has 0 heterocycles. The van der Waals surface area contributed by atoms with Gasteiger partial charge in [-0.1, -0.05) is 38.1 Å². The van der Waals surface area contributed by atoms with Crippen LogP contribution in [0.3, 0.4) is 0 Å². The third-order valence-electron chi connectivity index (χ3n) is 4.41. The molecule has 29 heavy (non-hydrogen) atoms. The van der Waals surface area contributed by atoms with Crippen LogP contribution in [-0.4, -0.2) is 32.5 Å². The van der Waals surface area contributed by atoms with Gasteiger partial charge in [0.15, 0.2) is 0 Å². The van der Waals surface area contributed by atoms with Gasteiger partial charge in [0.1, 0.15) is 6.54 Å². The zero-order valence-electron chi connectivity index (χ0n) is 16.6. The van der Waals surface area contributed by atoms with E-state index in [2.05, 4.69) is 0 Å². The van der Waals surface area contributed by atoms with E-state index in [1.807, 2.05) is 19.9 Å². The highest BCUT2D eigenvalue weighted by Gasteiger charge is 2.31. The molecular weight excluding hydrogens is 396 g/mol. The minimum absolute atomic E-state index is 0.111. The first-order valence-electron chi connectivity index (χ1n) is 9.29. The number of ether oxygens (including phenoxy) is 1. The van der Waals surface area contributed by atoms with Crippen LogP contribution in [0.15, 0.2) is 47.4 Å². The molecule has 0 unspecified atom stereocenters. The van der Waals surface area contributed by atoms with Crippen LogP contribution in [0.2, 0.25) is 0 Å². The molecule has 0 atom stereocenters. The highest BCUT2D eigenvalue weighted by molar-refractivity contribution is 7.92. The molecule has 0 amide bonds. The van der Waals surface area contributed by atoms with Gasteiger partial charge in [0.2, 0.25) is 0 Å². The Morgan fingerprint density at radius 2 is 1.66 bits per heavy atom. The number of nitro groups is 1. The van der Waals surface area contributed by atoms with E-state index < -0.39 is 27.5 Å². The van der Waals surface area contributed by atoms with E-state index in [4.69, 9.17) is 4.74 Å². The number of para-hydroxylation sites is 1. The second kappa shape index (κ2) is 9.51. The molecule has 2 aromatic rings. The van der Waals surface area contributed by atoms with Gasteiger partial charge in [-0.25, -0.2) is 8.42 Å². The first-order valence-corrected chi connectivity index (χ1v) is 10.7. The fourth-order valence-corrected chi connectivity index (χ4v) is 4.55. The van der Waals surface area contributed by atoms with Gasteiger partial charge in [-0.2, -0.15) is 0 Å². The van der Waals surface area contributed by atoms with Crippen molar-refractivity contribution >= 4 is 27.4 Å². The van der Waals surface area contributed by atoms with Crippen molar-refractivity contribution in [1.29, 1.82) is 0 Å². The summed E-state index contributed by atoms with van der Waals surface area (Å²) in [5.41, 5.74) is 1.57. The largest absolute Gasteiger partial charge is 0.465 e. The van der Waals surface area contributed by atoms with Gasteiger partial charge in [0.25, 0.3) is 15.7 Å². The van der Waals surface area contributed by atoms with Gasteiger partial charge in [0.05, 0.1) is 22.1 Å². The molecule has 2 aromatic carbocycles. The summed E-state index contributed by atoms with van der Waals surface area (Å²) in [6.07, 6.45) is 1.10. The number of esters is 1. The third kappa shape index (κ3) is 4.92. The molecule has 0 aliphatic heterocycles. The summed E-state index contributed by atoms with van der Waals surface area (Å²) >= 11 is 0. The molecule has 0 aliphatic rings. The second-order valence-corrected chi connectivity index (χ2v) is 8.07. The van der Waals surface area contributed by atoms with Crippen LogP contribution in [0, 0.1) is 10.1 Å². The zero-order valence-corrected chi connectivity index (χ0v) is 17.4. The molecule has 0 saturated heterocycles. The maximum Gasteiger partial charge on any atom is 0.326 e. The highest BCUT2D eigenvalue weighted by Crippen LogP contribution is 2.32. The number of anilines is 1. The lowest BCUT2D eigenvalue weighted by molar-refractivity contribution is -0.385. The molecule has 0 fully saturated rings. The molecule has 0 spiro atoms. The van der Waals surface area contributed by atoms with Crippen LogP contribution in [0.1, 0.15) is 31.9 Å². The Bertz CT molecular complexity index is 982. The maximum atomic E-state index is 13.5. The number of nitrogens with zero attached hydrogens (tertiary/aromatic N) is 2. The van der Waals surface area contributed by atoms with Gasteiger partial charge < -0.3 is 4.74 Å². The number of non-ortho nitro benzene ring substituents is 1. The monoisotopic (exact) mass is 420 g/mol. The Morgan fingerprint density at radius 1 is 1.07 bits per heavy atom. The SMILES string of the molecule is CCOC(=O)CN(c1c(CC)cccc1CC)S(=O)(=O)c1cccc([N+](=O)[O-])c1. The van der Waals surface area contributed by atoms with Gasteiger partial charge in [-0.15, -0.1) is 0 Å².